The van der Waals surface area contributed by atoms with Gasteiger partial charge >= 0.3 is 0 Å². The van der Waals surface area contributed by atoms with Crippen LogP contribution >= 0.6 is 0 Å². The van der Waals surface area contributed by atoms with Crippen molar-refractivity contribution in [2.45, 2.75) is 20.0 Å². The largest absolute Gasteiger partial charge is 0.340 e. The third kappa shape index (κ3) is 3.10. The van der Waals surface area contributed by atoms with E-state index >= 15 is 0 Å². The van der Waals surface area contributed by atoms with Gasteiger partial charge in [-0.1, -0.05) is 42.5 Å². The van der Waals surface area contributed by atoms with Crippen molar-refractivity contribution in [2.75, 3.05) is 7.05 Å². The highest BCUT2D eigenvalue weighted by atomic mass is 16.2. The quantitative estimate of drug-likeness (QED) is 0.562. The van der Waals surface area contributed by atoms with Gasteiger partial charge in [0, 0.05) is 30.7 Å². The molecule has 0 saturated heterocycles. The van der Waals surface area contributed by atoms with Crippen LogP contribution in [0.2, 0.25) is 0 Å². The molecule has 6 heteroatoms. The Bertz CT molecular complexity index is 1190. The molecule has 1 amide bonds. The molecular formula is C21H20N4O2. The van der Waals surface area contributed by atoms with Crippen molar-refractivity contribution in [2.24, 2.45) is 0 Å². The van der Waals surface area contributed by atoms with E-state index in [4.69, 9.17) is 0 Å². The first-order chi connectivity index (χ1) is 13.0. The van der Waals surface area contributed by atoms with Gasteiger partial charge in [0.25, 0.3) is 5.56 Å². The Morgan fingerprint density at radius 1 is 1.07 bits per heavy atom. The summed E-state index contributed by atoms with van der Waals surface area (Å²) in [5.41, 5.74) is 3.01. The van der Waals surface area contributed by atoms with E-state index in [0.29, 0.717) is 12.2 Å². The lowest BCUT2D eigenvalue weighted by atomic mass is 10.2. The fraction of sp³-hybridized carbons (Fsp3) is 0.190. The zero-order valence-corrected chi connectivity index (χ0v) is 15.3. The van der Waals surface area contributed by atoms with Gasteiger partial charge in [-0.15, -0.1) is 0 Å². The van der Waals surface area contributed by atoms with Crippen LogP contribution in [0.25, 0.3) is 16.6 Å². The Morgan fingerprint density at radius 2 is 1.78 bits per heavy atom. The number of carbonyl (C=O) groups is 1. The average Bonchev–Trinajstić information content (AvgIpc) is 2.97. The number of aryl methyl sites for hydroxylation is 1. The molecule has 27 heavy (non-hydrogen) atoms. The molecule has 0 aliphatic heterocycles. The number of likely N-dealkylation sites (N-methyl/N-ethyl adjacent to an activating group) is 1. The van der Waals surface area contributed by atoms with Crippen LogP contribution in [0.15, 0.2) is 65.5 Å². The minimum atomic E-state index is -0.275. The van der Waals surface area contributed by atoms with Crippen LogP contribution in [0.5, 0.6) is 0 Å². The van der Waals surface area contributed by atoms with Gasteiger partial charge in [0.05, 0.1) is 5.52 Å². The second kappa shape index (κ2) is 6.72. The molecule has 0 radical (unpaired) electrons. The van der Waals surface area contributed by atoms with E-state index in [-0.39, 0.29) is 18.0 Å². The summed E-state index contributed by atoms with van der Waals surface area (Å²) in [5, 5.41) is 0.858. The van der Waals surface area contributed by atoms with E-state index < -0.39 is 0 Å². The van der Waals surface area contributed by atoms with Crippen molar-refractivity contribution in [1.82, 2.24) is 19.1 Å². The van der Waals surface area contributed by atoms with Gasteiger partial charge in [-0.05, 0) is 24.6 Å². The fourth-order valence-electron chi connectivity index (χ4n) is 3.42. The van der Waals surface area contributed by atoms with Crippen LogP contribution in [0.4, 0.5) is 0 Å². The zero-order chi connectivity index (χ0) is 19.0. The number of hydrogen-bond acceptors (Lipinski definition) is 3. The molecule has 2 heterocycles. The topological polar surface area (TPSA) is 59.6 Å². The molecular weight excluding hydrogens is 340 g/mol. The maximum atomic E-state index is 12.9. The van der Waals surface area contributed by atoms with Crippen LogP contribution in [0.3, 0.4) is 0 Å². The number of fused-ring (bicyclic) bond motifs is 3. The van der Waals surface area contributed by atoms with Crippen LogP contribution in [-0.2, 0) is 17.9 Å². The Kier molecular flexibility index (Phi) is 4.24. The number of aromatic nitrogens is 3. The number of amides is 1. The zero-order valence-electron chi connectivity index (χ0n) is 15.3. The first-order valence-corrected chi connectivity index (χ1v) is 8.80. The average molecular weight is 360 g/mol. The van der Waals surface area contributed by atoms with Crippen LogP contribution < -0.4 is 5.56 Å². The SMILES string of the molecule is Cc1cc(=O)nc2c3ccccc3n(CC(=O)N(C)Cc3ccccc3)n12. The van der Waals surface area contributed by atoms with Crippen molar-refractivity contribution >= 4 is 22.5 Å². The second-order valence-electron chi connectivity index (χ2n) is 6.68. The van der Waals surface area contributed by atoms with Gasteiger partial charge in [-0.3, -0.25) is 14.3 Å². The summed E-state index contributed by atoms with van der Waals surface area (Å²) in [4.78, 5) is 30.6. The molecule has 0 atom stereocenters. The molecule has 4 aromatic rings. The molecule has 4 rings (SSSR count). The van der Waals surface area contributed by atoms with E-state index in [1.54, 1.807) is 11.9 Å². The van der Waals surface area contributed by atoms with Crippen molar-refractivity contribution in [3.63, 3.8) is 0 Å². The lowest BCUT2D eigenvalue weighted by Crippen LogP contribution is -2.31. The number of rotatable bonds is 4. The van der Waals surface area contributed by atoms with Crippen LogP contribution in [0.1, 0.15) is 11.3 Å². The summed E-state index contributed by atoms with van der Waals surface area (Å²) in [6.45, 7) is 2.56. The van der Waals surface area contributed by atoms with Gasteiger partial charge in [-0.2, -0.15) is 4.98 Å². The summed E-state index contributed by atoms with van der Waals surface area (Å²) in [6, 6.07) is 19.1. The highest BCUT2D eigenvalue weighted by Gasteiger charge is 2.17. The minimum absolute atomic E-state index is 0.0143. The Labute approximate surface area is 156 Å². The van der Waals surface area contributed by atoms with Crippen molar-refractivity contribution in [3.8, 4) is 0 Å². The molecule has 136 valence electrons. The first kappa shape index (κ1) is 17.0. The summed E-state index contributed by atoms with van der Waals surface area (Å²) in [5.74, 6) is -0.0143. The maximum Gasteiger partial charge on any atom is 0.273 e. The van der Waals surface area contributed by atoms with Gasteiger partial charge in [0.15, 0.2) is 5.65 Å². The first-order valence-electron chi connectivity index (χ1n) is 8.80. The lowest BCUT2D eigenvalue weighted by Gasteiger charge is -2.19. The predicted molar refractivity (Wildman–Crippen MR) is 105 cm³/mol. The van der Waals surface area contributed by atoms with Gasteiger partial charge in [0.1, 0.15) is 6.54 Å². The molecule has 0 spiro atoms. The highest BCUT2D eigenvalue weighted by Crippen LogP contribution is 2.21. The monoisotopic (exact) mass is 360 g/mol. The Morgan fingerprint density at radius 3 is 2.56 bits per heavy atom. The fourth-order valence-corrected chi connectivity index (χ4v) is 3.42. The smallest absolute Gasteiger partial charge is 0.273 e. The number of carbonyl (C=O) groups excluding carboxylic acids is 1. The molecule has 2 aromatic heterocycles. The van der Waals surface area contributed by atoms with Gasteiger partial charge in [0.2, 0.25) is 5.91 Å². The Hall–Kier alpha value is -3.41. The molecule has 0 fully saturated rings. The second-order valence-corrected chi connectivity index (χ2v) is 6.68. The van der Waals surface area contributed by atoms with Crippen molar-refractivity contribution < 1.29 is 4.79 Å². The number of nitrogens with zero attached hydrogens (tertiary/aromatic N) is 4. The minimum Gasteiger partial charge on any atom is -0.340 e. The van der Waals surface area contributed by atoms with E-state index in [0.717, 1.165) is 22.2 Å². The van der Waals surface area contributed by atoms with Crippen molar-refractivity contribution in [1.29, 1.82) is 0 Å². The van der Waals surface area contributed by atoms with E-state index in [1.165, 1.54) is 6.07 Å². The third-order valence-electron chi connectivity index (χ3n) is 4.72. The number of para-hydroxylation sites is 1. The molecule has 0 aliphatic rings. The van der Waals surface area contributed by atoms with Gasteiger partial charge in [-0.25, -0.2) is 4.52 Å². The van der Waals surface area contributed by atoms with E-state index in [9.17, 15) is 9.59 Å². The molecule has 0 N–H and O–H groups in total. The Balaban J connectivity index is 1.74. The van der Waals surface area contributed by atoms with Crippen LogP contribution in [-0.4, -0.2) is 32.0 Å². The highest BCUT2D eigenvalue weighted by molar-refractivity contribution is 5.93. The molecule has 0 unspecified atom stereocenters. The summed E-state index contributed by atoms with van der Waals surface area (Å²) < 4.78 is 3.73. The standard InChI is InChI=1S/C21H20N4O2/c1-15-12-19(26)22-21-17-10-6-7-11-18(17)24(25(15)21)14-20(27)23(2)13-16-8-4-3-5-9-16/h3-12H,13-14H2,1-2H3. The molecule has 2 aromatic carbocycles. The number of benzene rings is 2. The predicted octanol–water partition coefficient (Wildman–Crippen LogP) is 2.62. The molecule has 0 aliphatic carbocycles. The normalized spacial score (nSPS) is 11.2. The molecule has 6 nitrogen and oxygen atoms in total. The van der Waals surface area contributed by atoms with E-state index in [2.05, 4.69) is 4.98 Å². The lowest BCUT2D eigenvalue weighted by molar-refractivity contribution is -0.131. The molecule has 0 bridgehead atoms. The summed E-state index contributed by atoms with van der Waals surface area (Å²) in [6.07, 6.45) is 0. The van der Waals surface area contributed by atoms with Gasteiger partial charge < -0.3 is 4.90 Å². The third-order valence-corrected chi connectivity index (χ3v) is 4.72. The van der Waals surface area contributed by atoms with Crippen molar-refractivity contribution in [3.05, 3.63) is 82.3 Å². The van der Waals surface area contributed by atoms with E-state index in [1.807, 2.05) is 70.7 Å². The number of hydrogen-bond donors (Lipinski definition) is 0. The van der Waals surface area contributed by atoms with Crippen LogP contribution in [0, 0.1) is 6.92 Å². The maximum absolute atomic E-state index is 12.9. The summed E-state index contributed by atoms with van der Waals surface area (Å²) >= 11 is 0. The summed E-state index contributed by atoms with van der Waals surface area (Å²) in [7, 11) is 1.80. The molecule has 0 saturated carbocycles.